The number of carbonyl (C=O) groups is 2. The van der Waals surface area contributed by atoms with Gasteiger partial charge in [-0.2, -0.15) is 0 Å². The number of rotatable bonds is 6. The van der Waals surface area contributed by atoms with Gasteiger partial charge in [0.15, 0.2) is 0 Å². The fourth-order valence-electron chi connectivity index (χ4n) is 1.63. The van der Waals surface area contributed by atoms with E-state index in [-0.39, 0.29) is 17.3 Å². The van der Waals surface area contributed by atoms with E-state index in [1.165, 1.54) is 0 Å². The number of amides is 1. The molecule has 0 unspecified atom stereocenters. The lowest BCUT2D eigenvalue weighted by molar-refractivity contribution is -0.126. The Morgan fingerprint density at radius 1 is 1.42 bits per heavy atom. The number of carbonyl (C=O) groups excluding carboxylic acids is 1. The number of hydrogen-bond acceptors (Lipinski definition) is 5. The first-order valence-electron chi connectivity index (χ1n) is 6.01. The zero-order chi connectivity index (χ0) is 14.6. The zero-order valence-corrected chi connectivity index (χ0v) is 12.3. The van der Waals surface area contributed by atoms with Crippen LogP contribution in [0.3, 0.4) is 0 Å². The van der Waals surface area contributed by atoms with Crippen molar-refractivity contribution in [3.8, 4) is 0 Å². The van der Waals surface area contributed by atoms with Crippen LogP contribution in [0.15, 0.2) is 0 Å². The topological polar surface area (TPSA) is 91.3 Å². The van der Waals surface area contributed by atoms with Crippen LogP contribution in [0.1, 0.15) is 41.1 Å². The number of nitrogens with zero attached hydrogens (tertiary/aromatic N) is 1. The van der Waals surface area contributed by atoms with Crippen LogP contribution in [0.2, 0.25) is 0 Å². The molecule has 106 valence electrons. The number of hydrogen-bond donors (Lipinski definition) is 3. The van der Waals surface area contributed by atoms with Crippen LogP contribution in [-0.2, 0) is 11.3 Å². The highest BCUT2D eigenvalue weighted by Gasteiger charge is 2.26. The van der Waals surface area contributed by atoms with Crippen LogP contribution in [0.5, 0.6) is 0 Å². The van der Waals surface area contributed by atoms with Gasteiger partial charge in [-0.1, -0.05) is 6.92 Å². The monoisotopic (exact) mass is 285 g/mol. The van der Waals surface area contributed by atoms with Crippen molar-refractivity contribution in [1.82, 2.24) is 15.6 Å². The Morgan fingerprint density at radius 2 is 2.05 bits per heavy atom. The molecular formula is C12H19N3O3S. The molecule has 0 aliphatic carbocycles. The molecule has 1 aromatic rings. The van der Waals surface area contributed by atoms with E-state index in [4.69, 9.17) is 5.11 Å². The minimum Gasteiger partial charge on any atom is -0.477 e. The van der Waals surface area contributed by atoms with Crippen molar-refractivity contribution in [2.75, 3.05) is 6.54 Å². The van der Waals surface area contributed by atoms with E-state index >= 15 is 0 Å². The fourth-order valence-corrected chi connectivity index (χ4v) is 2.47. The number of nitrogens with one attached hydrogen (secondary N) is 2. The number of thiazole rings is 1. The molecule has 1 rings (SSSR count). The lowest BCUT2D eigenvalue weighted by Gasteiger charge is -2.24. The Labute approximate surface area is 116 Å². The van der Waals surface area contributed by atoms with Gasteiger partial charge in [-0.15, -0.1) is 11.3 Å². The molecule has 6 nitrogen and oxygen atoms in total. The van der Waals surface area contributed by atoms with Gasteiger partial charge in [-0.05, 0) is 27.3 Å². The van der Waals surface area contributed by atoms with E-state index < -0.39 is 11.5 Å². The van der Waals surface area contributed by atoms with Crippen LogP contribution >= 0.6 is 11.3 Å². The van der Waals surface area contributed by atoms with Crippen molar-refractivity contribution in [2.24, 2.45) is 0 Å². The maximum absolute atomic E-state index is 11.9. The number of aryl methyl sites for hydroxylation is 1. The highest BCUT2D eigenvalue weighted by atomic mass is 32.1. The zero-order valence-electron chi connectivity index (χ0n) is 11.5. The number of aromatic carboxylic acids is 1. The molecule has 0 atom stereocenters. The molecule has 0 aliphatic heterocycles. The maximum atomic E-state index is 11.9. The largest absolute Gasteiger partial charge is 0.477 e. The Balaban J connectivity index is 2.65. The van der Waals surface area contributed by atoms with Crippen LogP contribution < -0.4 is 10.6 Å². The van der Waals surface area contributed by atoms with E-state index in [2.05, 4.69) is 15.6 Å². The van der Waals surface area contributed by atoms with Crippen LogP contribution in [0.4, 0.5) is 0 Å². The molecule has 1 aromatic heterocycles. The second kappa shape index (κ2) is 6.12. The molecule has 0 fully saturated rings. The molecule has 0 saturated heterocycles. The van der Waals surface area contributed by atoms with Gasteiger partial charge in [0.05, 0.1) is 17.8 Å². The summed E-state index contributed by atoms with van der Waals surface area (Å²) in [6.07, 6.45) is 0. The van der Waals surface area contributed by atoms with Gasteiger partial charge in [0.25, 0.3) is 0 Å². The van der Waals surface area contributed by atoms with E-state index in [1.54, 1.807) is 20.8 Å². The van der Waals surface area contributed by atoms with Gasteiger partial charge >= 0.3 is 5.97 Å². The first kappa shape index (κ1) is 15.6. The van der Waals surface area contributed by atoms with E-state index in [0.29, 0.717) is 17.2 Å². The predicted octanol–water partition coefficient (Wildman–Crippen LogP) is 1.15. The number of carboxylic acid groups (broad SMARTS) is 1. The smallest absolute Gasteiger partial charge is 0.347 e. The summed E-state index contributed by atoms with van der Waals surface area (Å²) >= 11 is 1.09. The third-order valence-electron chi connectivity index (χ3n) is 2.62. The summed E-state index contributed by atoms with van der Waals surface area (Å²) in [6, 6.07) is 0. The average Bonchev–Trinajstić information content (AvgIpc) is 2.67. The maximum Gasteiger partial charge on any atom is 0.347 e. The third kappa shape index (κ3) is 4.00. The minimum atomic E-state index is -0.986. The Bertz CT molecular complexity index is 483. The molecule has 0 radical (unpaired) electrons. The standard InChI is InChI=1S/C12H19N3O3S/c1-5-14-12(3,4)11(18)13-6-8-15-7(2)9(19-8)10(16)17/h14H,5-6H2,1-4H3,(H,13,18)(H,16,17). The molecule has 7 heteroatoms. The van der Waals surface area contributed by atoms with Crippen molar-refractivity contribution in [2.45, 2.75) is 39.8 Å². The summed E-state index contributed by atoms with van der Waals surface area (Å²) < 4.78 is 0. The number of aromatic nitrogens is 1. The summed E-state index contributed by atoms with van der Waals surface area (Å²) in [6.45, 7) is 8.10. The minimum absolute atomic E-state index is 0.140. The van der Waals surface area contributed by atoms with Crippen LogP contribution in [0, 0.1) is 6.92 Å². The average molecular weight is 285 g/mol. The normalized spacial score (nSPS) is 11.4. The van der Waals surface area contributed by atoms with Gasteiger partial charge in [-0.3, -0.25) is 4.79 Å². The van der Waals surface area contributed by atoms with Gasteiger partial charge in [0.2, 0.25) is 5.91 Å². The van der Waals surface area contributed by atoms with E-state index in [0.717, 1.165) is 11.3 Å². The Hall–Kier alpha value is -1.47. The first-order valence-corrected chi connectivity index (χ1v) is 6.82. The highest BCUT2D eigenvalue weighted by Crippen LogP contribution is 2.17. The van der Waals surface area contributed by atoms with Crippen molar-refractivity contribution in [3.05, 3.63) is 15.6 Å². The van der Waals surface area contributed by atoms with Gasteiger partial charge in [0, 0.05) is 0 Å². The highest BCUT2D eigenvalue weighted by molar-refractivity contribution is 7.13. The van der Waals surface area contributed by atoms with Gasteiger partial charge in [-0.25, -0.2) is 9.78 Å². The SMILES string of the molecule is CCNC(C)(C)C(=O)NCc1nc(C)c(C(=O)O)s1. The quantitative estimate of drug-likeness (QED) is 0.729. The summed E-state index contributed by atoms with van der Waals surface area (Å²) in [7, 11) is 0. The number of likely N-dealkylation sites (N-methyl/N-ethyl adjacent to an activating group) is 1. The van der Waals surface area contributed by atoms with Crippen molar-refractivity contribution >= 4 is 23.2 Å². The molecule has 0 bridgehead atoms. The predicted molar refractivity (Wildman–Crippen MR) is 73.4 cm³/mol. The van der Waals surface area contributed by atoms with Crippen molar-refractivity contribution in [1.29, 1.82) is 0 Å². The van der Waals surface area contributed by atoms with E-state index in [9.17, 15) is 9.59 Å². The molecule has 0 saturated carbocycles. The summed E-state index contributed by atoms with van der Waals surface area (Å²) in [4.78, 5) is 27.2. The molecular weight excluding hydrogens is 266 g/mol. The molecule has 1 heterocycles. The summed E-state index contributed by atoms with van der Waals surface area (Å²) in [5.41, 5.74) is -0.177. The molecule has 1 amide bonds. The second-order valence-corrected chi connectivity index (χ2v) is 5.75. The molecule has 0 aromatic carbocycles. The molecule has 0 spiro atoms. The van der Waals surface area contributed by atoms with E-state index in [1.807, 2.05) is 6.92 Å². The molecule has 0 aliphatic rings. The summed E-state index contributed by atoms with van der Waals surface area (Å²) in [5.74, 6) is -1.13. The third-order valence-corrected chi connectivity index (χ3v) is 3.77. The van der Waals surface area contributed by atoms with Crippen molar-refractivity contribution in [3.63, 3.8) is 0 Å². The van der Waals surface area contributed by atoms with Crippen LogP contribution in [-0.4, -0.2) is 34.1 Å². The second-order valence-electron chi connectivity index (χ2n) is 4.67. The molecule has 19 heavy (non-hydrogen) atoms. The first-order chi connectivity index (χ1) is 8.77. The Morgan fingerprint density at radius 3 is 2.53 bits per heavy atom. The summed E-state index contributed by atoms with van der Waals surface area (Å²) in [5, 5.41) is 15.3. The van der Waals surface area contributed by atoms with Crippen molar-refractivity contribution < 1.29 is 14.7 Å². The van der Waals surface area contributed by atoms with Gasteiger partial charge in [0.1, 0.15) is 9.88 Å². The van der Waals surface area contributed by atoms with Gasteiger partial charge < -0.3 is 15.7 Å². The fraction of sp³-hybridized carbons (Fsp3) is 0.583. The number of carboxylic acids is 1. The lowest BCUT2D eigenvalue weighted by Crippen LogP contribution is -2.52. The van der Waals surface area contributed by atoms with Crippen LogP contribution in [0.25, 0.3) is 0 Å². The molecule has 3 N–H and O–H groups in total. The lowest BCUT2D eigenvalue weighted by atomic mass is 10.1. The Kier molecular flexibility index (Phi) is 5.02.